The second-order valence-electron chi connectivity index (χ2n) is 2.49. The van der Waals surface area contributed by atoms with Crippen molar-refractivity contribution in [2.24, 2.45) is 0 Å². The summed E-state index contributed by atoms with van der Waals surface area (Å²) in [5.41, 5.74) is 0.781. The first-order valence-electron chi connectivity index (χ1n) is 3.88. The van der Waals surface area contributed by atoms with Gasteiger partial charge in [-0.25, -0.2) is 9.97 Å². The smallest absolute Gasteiger partial charge is 0.157 e. The van der Waals surface area contributed by atoms with Gasteiger partial charge in [0.15, 0.2) is 5.82 Å². The van der Waals surface area contributed by atoms with Crippen LogP contribution in [0.4, 0.5) is 0 Å². The molecule has 5 heteroatoms. The van der Waals surface area contributed by atoms with Crippen LogP contribution in [0.2, 0.25) is 10.3 Å². The second kappa shape index (κ2) is 4.74. The van der Waals surface area contributed by atoms with Crippen molar-refractivity contribution in [3.05, 3.63) is 21.7 Å². The largest absolute Gasteiger partial charge is 0.377 e. The lowest BCUT2D eigenvalue weighted by Gasteiger charge is -2.05. The van der Waals surface area contributed by atoms with Crippen LogP contribution in [-0.2, 0) is 17.8 Å². The molecule has 0 fully saturated rings. The van der Waals surface area contributed by atoms with Gasteiger partial charge in [0.05, 0.1) is 0 Å². The quantitative estimate of drug-likeness (QED) is 0.735. The Morgan fingerprint density at radius 3 is 2.15 bits per heavy atom. The zero-order valence-electron chi connectivity index (χ0n) is 7.47. The van der Waals surface area contributed by atoms with Gasteiger partial charge in [0.1, 0.15) is 16.9 Å². The number of hydrogen-bond donors (Lipinski definition) is 0. The van der Waals surface area contributed by atoms with E-state index in [-0.39, 0.29) is 0 Å². The van der Waals surface area contributed by atoms with Crippen LogP contribution < -0.4 is 0 Å². The molecule has 0 atom stereocenters. The third-order valence-corrected chi connectivity index (χ3v) is 2.20. The maximum Gasteiger partial charge on any atom is 0.157 e. The molecule has 0 saturated carbocycles. The Morgan fingerprint density at radius 1 is 1.23 bits per heavy atom. The van der Waals surface area contributed by atoms with Crippen LogP contribution in [0, 0.1) is 0 Å². The molecule has 1 aromatic rings. The minimum Gasteiger partial charge on any atom is -0.377 e. The van der Waals surface area contributed by atoms with E-state index in [9.17, 15) is 0 Å². The Hall–Kier alpha value is -0.380. The van der Waals surface area contributed by atoms with Crippen molar-refractivity contribution in [3.8, 4) is 0 Å². The van der Waals surface area contributed by atoms with E-state index >= 15 is 0 Å². The first-order valence-corrected chi connectivity index (χ1v) is 4.64. The van der Waals surface area contributed by atoms with E-state index in [4.69, 9.17) is 27.9 Å². The van der Waals surface area contributed by atoms with Gasteiger partial charge in [-0.05, 0) is 6.42 Å². The minimum atomic E-state index is 0.323. The van der Waals surface area contributed by atoms with Crippen molar-refractivity contribution in [2.45, 2.75) is 20.0 Å². The van der Waals surface area contributed by atoms with Crippen molar-refractivity contribution in [1.29, 1.82) is 0 Å². The highest BCUT2D eigenvalue weighted by atomic mass is 35.5. The fraction of sp³-hybridized carbons (Fsp3) is 0.500. The molecule has 0 aliphatic rings. The average molecular weight is 221 g/mol. The molecule has 0 spiro atoms. The number of halogens is 2. The molecule has 0 radical (unpaired) electrons. The lowest BCUT2D eigenvalue weighted by atomic mass is 10.3. The van der Waals surface area contributed by atoms with Gasteiger partial charge >= 0.3 is 0 Å². The molecule has 0 saturated heterocycles. The molecule has 0 aromatic carbocycles. The number of aromatic nitrogens is 2. The Kier molecular flexibility index (Phi) is 3.90. The highest BCUT2D eigenvalue weighted by molar-refractivity contribution is 6.34. The van der Waals surface area contributed by atoms with Crippen LogP contribution in [0.3, 0.4) is 0 Å². The van der Waals surface area contributed by atoms with Gasteiger partial charge in [0.25, 0.3) is 0 Å². The van der Waals surface area contributed by atoms with Crippen molar-refractivity contribution < 1.29 is 4.74 Å². The summed E-state index contributed by atoms with van der Waals surface area (Å²) in [6.07, 6.45) is 0.727. The van der Waals surface area contributed by atoms with E-state index in [0.717, 1.165) is 12.0 Å². The fourth-order valence-electron chi connectivity index (χ4n) is 0.957. The third kappa shape index (κ3) is 2.53. The zero-order valence-corrected chi connectivity index (χ0v) is 8.98. The monoisotopic (exact) mass is 220 g/mol. The molecule has 0 bridgehead atoms. The van der Waals surface area contributed by atoms with E-state index in [1.807, 2.05) is 6.92 Å². The summed E-state index contributed by atoms with van der Waals surface area (Å²) >= 11 is 11.8. The first kappa shape index (κ1) is 10.7. The molecule has 0 unspecified atom stereocenters. The maximum absolute atomic E-state index is 5.88. The number of rotatable bonds is 3. The molecule has 0 aliphatic carbocycles. The van der Waals surface area contributed by atoms with Gasteiger partial charge in [-0.3, -0.25) is 0 Å². The van der Waals surface area contributed by atoms with E-state index in [1.165, 1.54) is 0 Å². The van der Waals surface area contributed by atoms with Crippen LogP contribution in [0.5, 0.6) is 0 Å². The molecule has 3 nitrogen and oxygen atoms in total. The summed E-state index contributed by atoms with van der Waals surface area (Å²) in [5, 5.41) is 0.823. The molecule has 13 heavy (non-hydrogen) atoms. The van der Waals surface area contributed by atoms with E-state index in [1.54, 1.807) is 7.11 Å². The third-order valence-electron chi connectivity index (χ3n) is 1.58. The Balaban J connectivity index is 3.05. The van der Waals surface area contributed by atoms with E-state index < -0.39 is 0 Å². The van der Waals surface area contributed by atoms with Crippen LogP contribution in [0.25, 0.3) is 0 Å². The normalized spacial score (nSPS) is 10.5. The van der Waals surface area contributed by atoms with E-state index in [2.05, 4.69) is 9.97 Å². The molecule has 0 aliphatic heterocycles. The Bertz CT molecular complexity index is 281. The maximum atomic E-state index is 5.88. The van der Waals surface area contributed by atoms with Crippen LogP contribution >= 0.6 is 23.2 Å². The SMILES string of the molecule is CCc1c(Cl)nc(COC)nc1Cl. The molecular formula is C8H10Cl2N2O. The van der Waals surface area contributed by atoms with Gasteiger partial charge in [-0.15, -0.1) is 0 Å². The molecular weight excluding hydrogens is 211 g/mol. The van der Waals surface area contributed by atoms with Gasteiger partial charge in [0.2, 0.25) is 0 Å². The molecule has 1 heterocycles. The summed E-state index contributed by atoms with van der Waals surface area (Å²) in [5.74, 6) is 0.509. The lowest BCUT2D eigenvalue weighted by molar-refractivity contribution is 0.177. The number of hydrogen-bond acceptors (Lipinski definition) is 3. The Labute approximate surface area is 87.1 Å². The second-order valence-corrected chi connectivity index (χ2v) is 3.20. The zero-order chi connectivity index (χ0) is 9.84. The van der Waals surface area contributed by atoms with Crippen molar-refractivity contribution in [2.75, 3.05) is 7.11 Å². The topological polar surface area (TPSA) is 35.0 Å². The van der Waals surface area contributed by atoms with E-state index in [0.29, 0.717) is 22.7 Å². The summed E-state index contributed by atoms with van der Waals surface area (Å²) < 4.78 is 4.87. The summed E-state index contributed by atoms with van der Waals surface area (Å²) in [7, 11) is 1.57. The summed E-state index contributed by atoms with van der Waals surface area (Å²) in [4.78, 5) is 8.08. The highest BCUT2D eigenvalue weighted by Crippen LogP contribution is 2.21. The lowest BCUT2D eigenvalue weighted by Crippen LogP contribution is -2.01. The van der Waals surface area contributed by atoms with Gasteiger partial charge in [-0.2, -0.15) is 0 Å². The van der Waals surface area contributed by atoms with Gasteiger partial charge in [-0.1, -0.05) is 30.1 Å². The van der Waals surface area contributed by atoms with Crippen molar-refractivity contribution in [1.82, 2.24) is 9.97 Å². The molecule has 0 N–H and O–H groups in total. The highest BCUT2D eigenvalue weighted by Gasteiger charge is 2.09. The minimum absolute atomic E-state index is 0.323. The predicted octanol–water partition coefficient (Wildman–Crippen LogP) is 2.49. The predicted molar refractivity (Wildman–Crippen MR) is 52.1 cm³/mol. The van der Waals surface area contributed by atoms with Crippen molar-refractivity contribution in [3.63, 3.8) is 0 Å². The molecule has 72 valence electrons. The number of methoxy groups -OCH3 is 1. The average Bonchev–Trinajstić information content (AvgIpc) is 2.04. The molecule has 1 aromatic heterocycles. The van der Waals surface area contributed by atoms with Crippen LogP contribution in [0.1, 0.15) is 18.3 Å². The number of nitrogens with zero attached hydrogens (tertiary/aromatic N) is 2. The van der Waals surface area contributed by atoms with Gasteiger partial charge in [0, 0.05) is 12.7 Å². The Morgan fingerprint density at radius 2 is 1.77 bits per heavy atom. The standard InChI is InChI=1S/C8H10Cl2N2O/c1-3-5-7(9)11-6(4-13-2)12-8(5)10/h3-4H2,1-2H3. The van der Waals surface area contributed by atoms with Crippen LogP contribution in [0.15, 0.2) is 0 Å². The molecule has 1 rings (SSSR count). The first-order chi connectivity index (χ1) is 6.19. The summed E-state index contributed by atoms with van der Waals surface area (Å²) in [6.45, 7) is 2.27. The number of ether oxygens (including phenoxy) is 1. The summed E-state index contributed by atoms with van der Waals surface area (Å²) in [6, 6.07) is 0. The van der Waals surface area contributed by atoms with Crippen molar-refractivity contribution >= 4 is 23.2 Å². The fourth-order valence-corrected chi connectivity index (χ4v) is 1.65. The van der Waals surface area contributed by atoms with Crippen LogP contribution in [-0.4, -0.2) is 17.1 Å². The molecule has 0 amide bonds. The van der Waals surface area contributed by atoms with Gasteiger partial charge < -0.3 is 4.74 Å².